The van der Waals surface area contributed by atoms with Gasteiger partial charge in [0.15, 0.2) is 17.5 Å². The Bertz CT molecular complexity index is 2580. The van der Waals surface area contributed by atoms with Crippen LogP contribution in [-0.4, -0.2) is 19.9 Å². The molecule has 0 aliphatic carbocycles. The van der Waals surface area contributed by atoms with Crippen molar-refractivity contribution in [1.29, 1.82) is 0 Å². The van der Waals surface area contributed by atoms with Crippen LogP contribution in [0.4, 0.5) is 0 Å². The highest BCUT2D eigenvalue weighted by molar-refractivity contribution is 6.11. The largest absolute Gasteiger partial charge is 0.456 e. The van der Waals surface area contributed by atoms with Gasteiger partial charge in [-0.2, -0.15) is 0 Å². The summed E-state index contributed by atoms with van der Waals surface area (Å²) >= 11 is 0. The maximum atomic E-state index is 6.22. The van der Waals surface area contributed by atoms with Crippen LogP contribution in [0.5, 0.6) is 0 Å². The Hall–Kier alpha value is -6.46. The predicted molar refractivity (Wildman–Crippen MR) is 190 cm³/mol. The summed E-state index contributed by atoms with van der Waals surface area (Å²) in [5.41, 5.74) is 9.48. The van der Waals surface area contributed by atoms with Gasteiger partial charge in [-0.05, 0) is 58.7 Å². The Balaban J connectivity index is 1.23. The molecule has 0 aliphatic heterocycles. The standard InChI is InChI=1S/C42H26N4O/c1-3-11-27(12-4-1)29-15-9-16-32(26-29)40-44-41(34-18-10-20-38-39(34)33-17-7-8-19-37(33)47-38)46-42(45-40)36-24-22-31-25-30(21-23-35(31)43-36)28-13-5-2-6-14-28/h1-26H. The highest BCUT2D eigenvalue weighted by Crippen LogP contribution is 2.37. The van der Waals surface area contributed by atoms with Crippen LogP contribution in [0, 0.1) is 0 Å². The van der Waals surface area contributed by atoms with Gasteiger partial charge in [0.25, 0.3) is 0 Å². The van der Waals surface area contributed by atoms with Gasteiger partial charge in [-0.25, -0.2) is 19.9 Å². The van der Waals surface area contributed by atoms with E-state index in [9.17, 15) is 0 Å². The van der Waals surface area contributed by atoms with Gasteiger partial charge in [0, 0.05) is 27.3 Å². The summed E-state index contributed by atoms with van der Waals surface area (Å²) in [6.07, 6.45) is 0. The van der Waals surface area contributed by atoms with E-state index in [1.807, 2.05) is 78.9 Å². The molecule has 9 aromatic rings. The number of fused-ring (bicyclic) bond motifs is 4. The fourth-order valence-electron chi connectivity index (χ4n) is 6.23. The first-order valence-corrected chi connectivity index (χ1v) is 15.6. The second kappa shape index (κ2) is 11.2. The monoisotopic (exact) mass is 602 g/mol. The lowest BCUT2D eigenvalue weighted by Crippen LogP contribution is -2.01. The molecule has 47 heavy (non-hydrogen) atoms. The third-order valence-electron chi connectivity index (χ3n) is 8.53. The summed E-state index contributed by atoms with van der Waals surface area (Å²) < 4.78 is 6.22. The van der Waals surface area contributed by atoms with E-state index in [1.54, 1.807) is 0 Å². The zero-order valence-electron chi connectivity index (χ0n) is 25.2. The minimum atomic E-state index is 0.508. The summed E-state index contributed by atoms with van der Waals surface area (Å²) in [6.45, 7) is 0. The molecule has 0 spiro atoms. The van der Waals surface area contributed by atoms with Crippen molar-refractivity contribution in [3.8, 4) is 56.5 Å². The van der Waals surface area contributed by atoms with E-state index in [4.69, 9.17) is 24.4 Å². The second-order valence-corrected chi connectivity index (χ2v) is 11.5. The third-order valence-corrected chi connectivity index (χ3v) is 8.53. The van der Waals surface area contributed by atoms with Crippen LogP contribution < -0.4 is 0 Å². The van der Waals surface area contributed by atoms with Crippen molar-refractivity contribution in [2.45, 2.75) is 0 Å². The molecule has 0 aliphatic rings. The molecule has 0 unspecified atom stereocenters. The molecule has 0 fully saturated rings. The molecule has 3 heterocycles. The van der Waals surface area contributed by atoms with E-state index >= 15 is 0 Å². The number of aromatic nitrogens is 4. The van der Waals surface area contributed by atoms with Gasteiger partial charge in [-0.1, -0.05) is 121 Å². The van der Waals surface area contributed by atoms with E-state index in [0.717, 1.165) is 60.7 Å². The van der Waals surface area contributed by atoms with Crippen molar-refractivity contribution in [2.75, 3.05) is 0 Å². The first kappa shape index (κ1) is 26.9. The van der Waals surface area contributed by atoms with Gasteiger partial charge >= 0.3 is 0 Å². The zero-order chi connectivity index (χ0) is 31.2. The number of para-hydroxylation sites is 1. The van der Waals surface area contributed by atoms with Gasteiger partial charge in [0.05, 0.1) is 5.52 Å². The van der Waals surface area contributed by atoms with Gasteiger partial charge in [0.1, 0.15) is 16.9 Å². The molecule has 0 saturated carbocycles. The van der Waals surface area contributed by atoms with Gasteiger partial charge in [0.2, 0.25) is 0 Å². The maximum Gasteiger partial charge on any atom is 0.182 e. The molecule has 0 radical (unpaired) electrons. The zero-order valence-corrected chi connectivity index (χ0v) is 25.2. The molecule has 220 valence electrons. The van der Waals surface area contributed by atoms with E-state index in [2.05, 4.69) is 78.9 Å². The van der Waals surface area contributed by atoms with Crippen molar-refractivity contribution in [3.63, 3.8) is 0 Å². The van der Waals surface area contributed by atoms with Crippen LogP contribution in [-0.2, 0) is 0 Å². The summed E-state index contributed by atoms with van der Waals surface area (Å²) in [4.78, 5) is 20.2. The number of hydrogen-bond acceptors (Lipinski definition) is 5. The molecule has 6 aromatic carbocycles. The highest BCUT2D eigenvalue weighted by atomic mass is 16.3. The molecule has 0 atom stereocenters. The molecular weight excluding hydrogens is 576 g/mol. The first-order valence-electron chi connectivity index (χ1n) is 15.6. The molecule has 0 N–H and O–H groups in total. The van der Waals surface area contributed by atoms with Gasteiger partial charge < -0.3 is 4.42 Å². The first-order chi connectivity index (χ1) is 23.3. The molecule has 5 nitrogen and oxygen atoms in total. The summed E-state index contributed by atoms with van der Waals surface area (Å²) in [5, 5.41) is 3.05. The minimum Gasteiger partial charge on any atom is -0.456 e. The van der Waals surface area contributed by atoms with Crippen LogP contribution in [0.2, 0.25) is 0 Å². The number of hydrogen-bond donors (Lipinski definition) is 0. The van der Waals surface area contributed by atoms with Crippen molar-refractivity contribution in [3.05, 3.63) is 158 Å². The third kappa shape index (κ3) is 4.91. The van der Waals surface area contributed by atoms with Crippen LogP contribution in [0.1, 0.15) is 0 Å². The Labute approximate surface area is 270 Å². The molecule has 5 heteroatoms. The Morgan fingerprint density at radius 3 is 1.85 bits per heavy atom. The number of furan rings is 1. The van der Waals surface area contributed by atoms with E-state index in [1.165, 1.54) is 5.56 Å². The van der Waals surface area contributed by atoms with Crippen molar-refractivity contribution in [2.24, 2.45) is 0 Å². The minimum absolute atomic E-state index is 0.508. The SMILES string of the molecule is c1ccc(-c2cccc(-c3nc(-c4ccc5cc(-c6ccccc6)ccc5n4)nc(-c4cccc5oc6ccccc6c45)n3)c2)cc1. The number of nitrogens with zero attached hydrogens (tertiary/aromatic N) is 4. The fourth-order valence-corrected chi connectivity index (χ4v) is 6.23. The normalized spacial score (nSPS) is 11.4. The molecule has 0 amide bonds. The second-order valence-electron chi connectivity index (χ2n) is 11.5. The highest BCUT2D eigenvalue weighted by Gasteiger charge is 2.18. The molecule has 0 saturated heterocycles. The topological polar surface area (TPSA) is 64.7 Å². The van der Waals surface area contributed by atoms with Gasteiger partial charge in [-0.3, -0.25) is 0 Å². The maximum absolute atomic E-state index is 6.22. The lowest BCUT2D eigenvalue weighted by Gasteiger charge is -2.11. The number of benzene rings is 6. The van der Waals surface area contributed by atoms with Crippen molar-refractivity contribution in [1.82, 2.24) is 19.9 Å². The Kier molecular flexibility index (Phi) is 6.39. The molecule has 0 bridgehead atoms. The van der Waals surface area contributed by atoms with Crippen molar-refractivity contribution >= 4 is 32.8 Å². The molecule has 3 aromatic heterocycles. The average molecular weight is 603 g/mol. The average Bonchev–Trinajstić information content (AvgIpc) is 3.54. The Morgan fingerprint density at radius 2 is 1.02 bits per heavy atom. The van der Waals surface area contributed by atoms with E-state index in [-0.39, 0.29) is 0 Å². The van der Waals surface area contributed by atoms with Crippen LogP contribution in [0.3, 0.4) is 0 Å². The van der Waals surface area contributed by atoms with Crippen LogP contribution in [0.25, 0.3) is 89.4 Å². The number of pyridine rings is 1. The lowest BCUT2D eigenvalue weighted by molar-refractivity contribution is 0.669. The quantitative estimate of drug-likeness (QED) is 0.196. The number of rotatable bonds is 5. The van der Waals surface area contributed by atoms with Crippen LogP contribution >= 0.6 is 0 Å². The smallest absolute Gasteiger partial charge is 0.182 e. The summed E-state index contributed by atoms with van der Waals surface area (Å²) in [5.74, 6) is 1.65. The van der Waals surface area contributed by atoms with E-state index < -0.39 is 0 Å². The predicted octanol–water partition coefficient (Wildman–Crippen LogP) is 10.7. The lowest BCUT2D eigenvalue weighted by atomic mass is 10.0. The summed E-state index contributed by atoms with van der Waals surface area (Å²) in [7, 11) is 0. The van der Waals surface area contributed by atoms with Crippen LogP contribution in [0.15, 0.2) is 162 Å². The van der Waals surface area contributed by atoms with E-state index in [0.29, 0.717) is 23.2 Å². The van der Waals surface area contributed by atoms with Crippen molar-refractivity contribution < 1.29 is 4.42 Å². The fraction of sp³-hybridized carbons (Fsp3) is 0. The molecule has 9 rings (SSSR count). The Morgan fingerprint density at radius 1 is 0.383 bits per heavy atom. The summed E-state index contributed by atoms with van der Waals surface area (Å²) in [6, 6.07) is 53.6. The van der Waals surface area contributed by atoms with Gasteiger partial charge in [-0.15, -0.1) is 0 Å². The molecular formula is C42H26N4O.